The lowest BCUT2D eigenvalue weighted by Crippen LogP contribution is -2.11. The van der Waals surface area contributed by atoms with Crippen LogP contribution in [0.25, 0.3) is 0 Å². The van der Waals surface area contributed by atoms with Gasteiger partial charge in [0.15, 0.2) is 0 Å². The molecule has 2 rings (SSSR count). The summed E-state index contributed by atoms with van der Waals surface area (Å²) in [6.45, 7) is 0. The van der Waals surface area contributed by atoms with E-state index in [1.165, 1.54) is 10.4 Å². The molecule has 0 saturated heterocycles. The molecule has 0 amide bonds. The number of rotatable bonds is 3. The minimum Gasteiger partial charge on any atom is -0.323 e. The number of thiophene rings is 1. The van der Waals surface area contributed by atoms with Crippen molar-refractivity contribution in [1.29, 1.82) is 0 Å². The second kappa shape index (κ2) is 4.47. The number of hydrogen-bond donors (Lipinski definition) is 1. The van der Waals surface area contributed by atoms with Crippen LogP contribution in [0.1, 0.15) is 16.5 Å². The molecule has 0 spiro atoms. The molecule has 0 aromatic carbocycles. The van der Waals surface area contributed by atoms with Crippen molar-refractivity contribution in [2.45, 2.75) is 12.5 Å². The zero-order chi connectivity index (χ0) is 10.8. The molecular formula is C10H12BrN3S. The molecule has 0 bridgehead atoms. The highest BCUT2D eigenvalue weighted by Gasteiger charge is 2.12. The SMILES string of the molecule is Cn1cc(CC(N)c2sccc2Br)cn1. The van der Waals surface area contributed by atoms with Gasteiger partial charge in [-0.15, -0.1) is 11.3 Å². The van der Waals surface area contributed by atoms with Gasteiger partial charge < -0.3 is 5.73 Å². The monoisotopic (exact) mass is 285 g/mol. The molecule has 5 heteroatoms. The number of aryl methyl sites for hydroxylation is 1. The lowest BCUT2D eigenvalue weighted by Gasteiger charge is -2.08. The molecule has 80 valence electrons. The minimum atomic E-state index is 0.0450. The summed E-state index contributed by atoms with van der Waals surface area (Å²) < 4.78 is 2.90. The van der Waals surface area contributed by atoms with E-state index in [0.717, 1.165) is 10.9 Å². The first-order valence-electron chi connectivity index (χ1n) is 4.63. The van der Waals surface area contributed by atoms with Crippen LogP contribution in [0.4, 0.5) is 0 Å². The van der Waals surface area contributed by atoms with Gasteiger partial charge in [-0.1, -0.05) is 0 Å². The van der Waals surface area contributed by atoms with Crippen LogP contribution in [0.15, 0.2) is 28.3 Å². The van der Waals surface area contributed by atoms with Gasteiger partial charge in [0.1, 0.15) is 0 Å². The molecule has 3 nitrogen and oxygen atoms in total. The fourth-order valence-corrected chi connectivity index (χ4v) is 3.16. The Kier molecular flexibility index (Phi) is 3.23. The first kappa shape index (κ1) is 10.9. The van der Waals surface area contributed by atoms with E-state index in [9.17, 15) is 0 Å². The molecule has 1 unspecified atom stereocenters. The molecular weight excluding hydrogens is 274 g/mol. The molecule has 2 N–H and O–H groups in total. The maximum Gasteiger partial charge on any atom is 0.0522 e. The van der Waals surface area contributed by atoms with Gasteiger partial charge in [-0.3, -0.25) is 4.68 Å². The Hall–Kier alpha value is -0.650. The number of hydrogen-bond acceptors (Lipinski definition) is 3. The van der Waals surface area contributed by atoms with E-state index >= 15 is 0 Å². The van der Waals surface area contributed by atoms with E-state index in [1.54, 1.807) is 16.0 Å². The van der Waals surface area contributed by atoms with Crippen molar-refractivity contribution in [3.63, 3.8) is 0 Å². The van der Waals surface area contributed by atoms with Crippen molar-refractivity contribution < 1.29 is 0 Å². The van der Waals surface area contributed by atoms with E-state index in [1.807, 2.05) is 30.9 Å². The number of nitrogens with zero attached hydrogens (tertiary/aromatic N) is 2. The third kappa shape index (κ3) is 2.48. The maximum absolute atomic E-state index is 6.12. The highest BCUT2D eigenvalue weighted by molar-refractivity contribution is 9.10. The third-order valence-electron chi connectivity index (χ3n) is 2.20. The molecule has 2 heterocycles. The second-order valence-electron chi connectivity index (χ2n) is 3.47. The highest BCUT2D eigenvalue weighted by atomic mass is 79.9. The molecule has 0 aliphatic heterocycles. The molecule has 2 aromatic rings. The molecule has 1 atom stereocenters. The molecule has 0 aliphatic carbocycles. The van der Waals surface area contributed by atoms with E-state index in [-0.39, 0.29) is 6.04 Å². The summed E-state index contributed by atoms with van der Waals surface area (Å²) in [4.78, 5) is 1.19. The van der Waals surface area contributed by atoms with Crippen LogP contribution in [0.5, 0.6) is 0 Å². The standard InChI is InChI=1S/C10H12BrN3S/c1-14-6-7(5-13-14)4-9(12)10-8(11)2-3-15-10/h2-3,5-6,9H,4,12H2,1H3. The second-order valence-corrected chi connectivity index (χ2v) is 5.27. The van der Waals surface area contributed by atoms with Crippen LogP contribution in [0, 0.1) is 0 Å². The fraction of sp³-hybridized carbons (Fsp3) is 0.300. The summed E-state index contributed by atoms with van der Waals surface area (Å²) in [5.74, 6) is 0. The summed E-state index contributed by atoms with van der Waals surface area (Å²) in [6, 6.07) is 2.08. The normalized spacial score (nSPS) is 13.0. The first-order valence-corrected chi connectivity index (χ1v) is 6.30. The Bertz CT molecular complexity index is 449. The molecule has 0 saturated carbocycles. The van der Waals surface area contributed by atoms with Gasteiger partial charge in [0.2, 0.25) is 0 Å². The lowest BCUT2D eigenvalue weighted by molar-refractivity contribution is 0.730. The Morgan fingerprint density at radius 2 is 2.47 bits per heavy atom. The number of aromatic nitrogens is 2. The summed E-state index contributed by atoms with van der Waals surface area (Å²) in [5.41, 5.74) is 7.30. The van der Waals surface area contributed by atoms with Gasteiger partial charge in [-0.2, -0.15) is 5.10 Å². The van der Waals surface area contributed by atoms with Gasteiger partial charge in [0.25, 0.3) is 0 Å². The zero-order valence-electron chi connectivity index (χ0n) is 8.35. The predicted octanol–water partition coefficient (Wildman–Crippen LogP) is 2.49. The number of nitrogens with two attached hydrogens (primary N) is 1. The largest absolute Gasteiger partial charge is 0.323 e. The van der Waals surface area contributed by atoms with Crippen molar-refractivity contribution in [3.05, 3.63) is 38.8 Å². The Morgan fingerprint density at radius 1 is 1.67 bits per heavy atom. The van der Waals surface area contributed by atoms with E-state index in [0.29, 0.717) is 0 Å². The van der Waals surface area contributed by atoms with Crippen molar-refractivity contribution in [2.24, 2.45) is 12.8 Å². The topological polar surface area (TPSA) is 43.8 Å². The smallest absolute Gasteiger partial charge is 0.0522 e. The zero-order valence-corrected chi connectivity index (χ0v) is 10.8. The lowest BCUT2D eigenvalue weighted by atomic mass is 10.1. The Morgan fingerprint density at radius 3 is 3.00 bits per heavy atom. The maximum atomic E-state index is 6.12. The van der Waals surface area contributed by atoms with Crippen LogP contribution < -0.4 is 5.73 Å². The van der Waals surface area contributed by atoms with Gasteiger partial charge >= 0.3 is 0 Å². The van der Waals surface area contributed by atoms with E-state index < -0.39 is 0 Å². The summed E-state index contributed by atoms with van der Waals surface area (Å²) in [6.07, 6.45) is 4.69. The molecule has 15 heavy (non-hydrogen) atoms. The molecule has 0 aliphatic rings. The van der Waals surface area contributed by atoms with Crippen molar-refractivity contribution in [1.82, 2.24) is 9.78 Å². The molecule has 2 aromatic heterocycles. The van der Waals surface area contributed by atoms with Crippen molar-refractivity contribution in [3.8, 4) is 0 Å². The highest BCUT2D eigenvalue weighted by Crippen LogP contribution is 2.29. The fourth-order valence-electron chi connectivity index (χ4n) is 1.49. The average Bonchev–Trinajstić information content (AvgIpc) is 2.75. The van der Waals surface area contributed by atoms with Crippen molar-refractivity contribution in [2.75, 3.05) is 0 Å². The van der Waals surface area contributed by atoms with Gasteiger partial charge in [-0.25, -0.2) is 0 Å². The van der Waals surface area contributed by atoms with Gasteiger partial charge in [0.05, 0.1) is 6.20 Å². The predicted molar refractivity (Wildman–Crippen MR) is 65.9 cm³/mol. The van der Waals surface area contributed by atoms with Crippen LogP contribution in [0.2, 0.25) is 0 Å². The molecule has 0 fully saturated rings. The van der Waals surface area contributed by atoms with Crippen LogP contribution in [-0.4, -0.2) is 9.78 Å². The average molecular weight is 286 g/mol. The first-order chi connectivity index (χ1) is 7.16. The Balaban J connectivity index is 2.10. The van der Waals surface area contributed by atoms with E-state index in [2.05, 4.69) is 21.0 Å². The van der Waals surface area contributed by atoms with E-state index in [4.69, 9.17) is 5.73 Å². The summed E-state index contributed by atoms with van der Waals surface area (Å²) in [7, 11) is 1.91. The Labute approximate surface area is 101 Å². The van der Waals surface area contributed by atoms with Gasteiger partial charge in [0, 0.05) is 28.6 Å². The van der Waals surface area contributed by atoms with Crippen LogP contribution >= 0.6 is 27.3 Å². The summed E-state index contributed by atoms with van der Waals surface area (Å²) in [5, 5.41) is 6.17. The van der Waals surface area contributed by atoms with Crippen LogP contribution in [0.3, 0.4) is 0 Å². The van der Waals surface area contributed by atoms with Crippen LogP contribution in [-0.2, 0) is 13.5 Å². The third-order valence-corrected chi connectivity index (χ3v) is 4.20. The molecule has 0 radical (unpaired) electrons. The quantitative estimate of drug-likeness (QED) is 0.942. The number of halogens is 1. The van der Waals surface area contributed by atoms with Gasteiger partial charge in [-0.05, 0) is 39.4 Å². The summed E-state index contributed by atoms with van der Waals surface area (Å²) >= 11 is 5.18. The minimum absolute atomic E-state index is 0.0450. The van der Waals surface area contributed by atoms with Crippen molar-refractivity contribution >= 4 is 27.3 Å².